The van der Waals surface area contributed by atoms with E-state index in [4.69, 9.17) is 0 Å². The average molecular weight is 372 g/mol. The molecular weight excluding hydrogens is 334 g/mol. The summed E-state index contributed by atoms with van der Waals surface area (Å²) in [6.45, 7) is 7.88. The molecule has 1 saturated heterocycles. The smallest absolute Gasteiger partial charge is 0.227 e. The zero-order valence-electron chi connectivity index (χ0n) is 17.0. The lowest BCUT2D eigenvalue weighted by Gasteiger charge is -2.28. The minimum Gasteiger partial charge on any atom is -0.326 e. The summed E-state index contributed by atoms with van der Waals surface area (Å²) in [5, 5.41) is 6.54. The van der Waals surface area contributed by atoms with Crippen LogP contribution in [0.5, 0.6) is 0 Å². The molecule has 0 unspecified atom stereocenters. The number of unbranched alkanes of at least 4 members (excludes halogenated alkanes) is 1. The Kier molecular flexibility index (Phi) is 8.15. The molecular formula is C23H37N3O. The number of hydrogen-bond donors (Lipinski definition) is 2. The maximum absolute atomic E-state index is 12.6. The number of amides is 1. The minimum atomic E-state index is 0.204. The highest BCUT2D eigenvalue weighted by Crippen LogP contribution is 2.32. The predicted molar refractivity (Wildman–Crippen MR) is 113 cm³/mol. The van der Waals surface area contributed by atoms with Crippen molar-refractivity contribution < 1.29 is 4.79 Å². The Morgan fingerprint density at radius 2 is 1.81 bits per heavy atom. The summed E-state index contributed by atoms with van der Waals surface area (Å²) in [6.07, 6.45) is 9.61. The van der Waals surface area contributed by atoms with Crippen molar-refractivity contribution in [1.82, 2.24) is 10.2 Å². The molecule has 2 N–H and O–H groups in total. The van der Waals surface area contributed by atoms with Crippen LogP contribution in [0.2, 0.25) is 0 Å². The number of carbonyl (C=O) groups is 1. The van der Waals surface area contributed by atoms with Gasteiger partial charge in [0.25, 0.3) is 0 Å². The minimum absolute atomic E-state index is 0.204. The SMILES string of the molecule is CCCCC1CCC(C(=O)Nc2ccc(CCN3CCNCC3)cc2)CC1. The van der Waals surface area contributed by atoms with Crippen molar-refractivity contribution in [3.8, 4) is 0 Å². The Labute approximate surface area is 165 Å². The van der Waals surface area contributed by atoms with Crippen LogP contribution in [0.25, 0.3) is 0 Å². The van der Waals surface area contributed by atoms with E-state index in [0.717, 1.165) is 63.6 Å². The quantitative estimate of drug-likeness (QED) is 0.724. The van der Waals surface area contributed by atoms with Crippen molar-refractivity contribution in [3.63, 3.8) is 0 Å². The van der Waals surface area contributed by atoms with Gasteiger partial charge < -0.3 is 15.5 Å². The fourth-order valence-corrected chi connectivity index (χ4v) is 4.43. The van der Waals surface area contributed by atoms with Crippen LogP contribution < -0.4 is 10.6 Å². The maximum Gasteiger partial charge on any atom is 0.227 e. The first kappa shape index (κ1) is 20.3. The number of nitrogens with zero attached hydrogens (tertiary/aromatic N) is 1. The molecule has 1 aliphatic heterocycles. The van der Waals surface area contributed by atoms with Crippen LogP contribution in [0.3, 0.4) is 0 Å². The highest BCUT2D eigenvalue weighted by Gasteiger charge is 2.25. The van der Waals surface area contributed by atoms with E-state index in [-0.39, 0.29) is 11.8 Å². The van der Waals surface area contributed by atoms with Crippen molar-refractivity contribution in [3.05, 3.63) is 29.8 Å². The first-order valence-electron chi connectivity index (χ1n) is 11.1. The second-order valence-electron chi connectivity index (χ2n) is 8.39. The van der Waals surface area contributed by atoms with Gasteiger partial charge in [0.15, 0.2) is 0 Å². The van der Waals surface area contributed by atoms with Gasteiger partial charge in [-0.2, -0.15) is 0 Å². The molecule has 4 nitrogen and oxygen atoms in total. The van der Waals surface area contributed by atoms with Crippen LogP contribution in [-0.2, 0) is 11.2 Å². The summed E-state index contributed by atoms with van der Waals surface area (Å²) >= 11 is 0. The number of piperazine rings is 1. The third-order valence-corrected chi connectivity index (χ3v) is 6.33. The number of nitrogens with one attached hydrogen (secondary N) is 2. The predicted octanol–water partition coefficient (Wildman–Crippen LogP) is 4.07. The average Bonchev–Trinajstić information content (AvgIpc) is 2.73. The molecule has 0 radical (unpaired) electrons. The van der Waals surface area contributed by atoms with E-state index in [1.165, 1.54) is 37.7 Å². The standard InChI is InChI=1S/C23H37N3O/c1-2-3-4-19-5-9-21(10-6-19)23(27)25-22-11-7-20(8-12-22)13-16-26-17-14-24-15-18-26/h7-8,11-12,19,21,24H,2-6,9-10,13-18H2,1H3,(H,25,27). The molecule has 1 aromatic carbocycles. The molecule has 2 fully saturated rings. The number of anilines is 1. The van der Waals surface area contributed by atoms with Gasteiger partial charge in [-0.25, -0.2) is 0 Å². The molecule has 1 saturated carbocycles. The van der Waals surface area contributed by atoms with Gasteiger partial charge in [-0.05, 0) is 55.7 Å². The van der Waals surface area contributed by atoms with Crippen molar-refractivity contribution in [2.24, 2.45) is 11.8 Å². The van der Waals surface area contributed by atoms with E-state index in [9.17, 15) is 4.79 Å². The molecule has 3 rings (SSSR count). The first-order chi connectivity index (χ1) is 13.2. The maximum atomic E-state index is 12.6. The first-order valence-corrected chi connectivity index (χ1v) is 11.1. The van der Waals surface area contributed by atoms with Gasteiger partial charge in [0.05, 0.1) is 0 Å². The lowest BCUT2D eigenvalue weighted by molar-refractivity contribution is -0.121. The molecule has 0 spiro atoms. The summed E-state index contributed by atoms with van der Waals surface area (Å²) in [6, 6.07) is 8.47. The molecule has 150 valence electrons. The van der Waals surface area contributed by atoms with E-state index < -0.39 is 0 Å². The summed E-state index contributed by atoms with van der Waals surface area (Å²) in [5.74, 6) is 1.27. The Morgan fingerprint density at radius 3 is 2.48 bits per heavy atom. The lowest BCUT2D eigenvalue weighted by atomic mass is 9.79. The summed E-state index contributed by atoms with van der Waals surface area (Å²) in [5.41, 5.74) is 2.29. The monoisotopic (exact) mass is 371 g/mol. The molecule has 27 heavy (non-hydrogen) atoms. The van der Waals surface area contributed by atoms with Gasteiger partial charge in [-0.1, -0.05) is 38.3 Å². The summed E-state index contributed by atoms with van der Waals surface area (Å²) < 4.78 is 0. The van der Waals surface area contributed by atoms with Crippen molar-refractivity contribution in [1.29, 1.82) is 0 Å². The molecule has 2 aliphatic rings. The topological polar surface area (TPSA) is 44.4 Å². The molecule has 1 heterocycles. The van der Waals surface area contributed by atoms with Crippen molar-refractivity contribution >= 4 is 11.6 Å². The fraction of sp³-hybridized carbons (Fsp3) is 0.696. The normalized spacial score (nSPS) is 23.9. The van der Waals surface area contributed by atoms with E-state index in [2.05, 4.69) is 46.7 Å². The highest BCUT2D eigenvalue weighted by molar-refractivity contribution is 5.92. The molecule has 0 bridgehead atoms. The Morgan fingerprint density at radius 1 is 1.11 bits per heavy atom. The second-order valence-corrected chi connectivity index (χ2v) is 8.39. The molecule has 0 aromatic heterocycles. The van der Waals surface area contributed by atoms with E-state index >= 15 is 0 Å². The van der Waals surface area contributed by atoms with Gasteiger partial charge in [-0.15, -0.1) is 0 Å². The van der Waals surface area contributed by atoms with Crippen LogP contribution >= 0.6 is 0 Å². The van der Waals surface area contributed by atoms with Gasteiger partial charge in [-0.3, -0.25) is 4.79 Å². The van der Waals surface area contributed by atoms with Gasteiger partial charge in [0.1, 0.15) is 0 Å². The van der Waals surface area contributed by atoms with E-state index in [1.807, 2.05) is 0 Å². The zero-order chi connectivity index (χ0) is 18.9. The van der Waals surface area contributed by atoms with Gasteiger partial charge >= 0.3 is 0 Å². The van der Waals surface area contributed by atoms with Crippen LogP contribution in [0.15, 0.2) is 24.3 Å². The van der Waals surface area contributed by atoms with Crippen LogP contribution in [-0.4, -0.2) is 43.5 Å². The largest absolute Gasteiger partial charge is 0.326 e. The third-order valence-electron chi connectivity index (χ3n) is 6.33. The number of carbonyl (C=O) groups excluding carboxylic acids is 1. The Balaban J connectivity index is 1.39. The van der Waals surface area contributed by atoms with Crippen molar-refractivity contribution in [2.75, 3.05) is 38.0 Å². The van der Waals surface area contributed by atoms with Gasteiger partial charge in [0, 0.05) is 44.3 Å². The van der Waals surface area contributed by atoms with E-state index in [0.29, 0.717) is 0 Å². The number of hydrogen-bond acceptors (Lipinski definition) is 3. The second kappa shape index (κ2) is 10.8. The van der Waals surface area contributed by atoms with Crippen LogP contribution in [0.4, 0.5) is 5.69 Å². The Hall–Kier alpha value is -1.39. The van der Waals surface area contributed by atoms with Crippen molar-refractivity contribution in [2.45, 2.75) is 58.3 Å². The third kappa shape index (κ3) is 6.62. The summed E-state index contributed by atoms with van der Waals surface area (Å²) in [4.78, 5) is 15.1. The summed E-state index contributed by atoms with van der Waals surface area (Å²) in [7, 11) is 0. The molecule has 4 heteroatoms. The lowest BCUT2D eigenvalue weighted by Crippen LogP contribution is -2.44. The molecule has 1 aliphatic carbocycles. The van der Waals surface area contributed by atoms with Crippen LogP contribution in [0.1, 0.15) is 57.4 Å². The number of benzene rings is 1. The molecule has 1 aromatic rings. The van der Waals surface area contributed by atoms with Crippen LogP contribution in [0, 0.1) is 11.8 Å². The zero-order valence-corrected chi connectivity index (χ0v) is 17.0. The Bertz CT molecular complexity index is 557. The van der Waals surface area contributed by atoms with E-state index in [1.54, 1.807) is 0 Å². The molecule has 0 atom stereocenters. The fourth-order valence-electron chi connectivity index (χ4n) is 4.43. The highest BCUT2D eigenvalue weighted by atomic mass is 16.1. The van der Waals surface area contributed by atoms with Gasteiger partial charge in [0.2, 0.25) is 5.91 Å². The molecule has 1 amide bonds. The number of rotatable bonds is 8.